The molecular weight excluding hydrogens is 378 g/mol. The lowest BCUT2D eigenvalue weighted by atomic mass is 9.94. The number of nitrogens with one attached hydrogen (secondary N) is 1. The Morgan fingerprint density at radius 3 is 2.57 bits per heavy atom. The van der Waals surface area contributed by atoms with E-state index < -0.39 is 24.7 Å². The van der Waals surface area contributed by atoms with Crippen LogP contribution in [0, 0.1) is 0 Å². The van der Waals surface area contributed by atoms with Crippen LogP contribution in [0.1, 0.15) is 18.5 Å². The Balaban J connectivity index is 2.45. The van der Waals surface area contributed by atoms with Crippen molar-refractivity contribution in [2.45, 2.75) is 19.6 Å². The van der Waals surface area contributed by atoms with Gasteiger partial charge in [0.05, 0.1) is 25.3 Å². The fraction of sp³-hybridized carbons (Fsp3) is 0.444. The molecule has 0 saturated carbocycles. The molecule has 1 N–H and O–H groups in total. The maximum absolute atomic E-state index is 12.7. The van der Waals surface area contributed by atoms with Gasteiger partial charge in [0.15, 0.2) is 11.5 Å². The van der Waals surface area contributed by atoms with Gasteiger partial charge in [0, 0.05) is 19.9 Å². The van der Waals surface area contributed by atoms with Crippen LogP contribution in [-0.2, 0) is 14.3 Å². The van der Waals surface area contributed by atoms with E-state index in [1.54, 1.807) is 13.0 Å². The number of allylic oxidation sites excluding steroid dienone is 1. The average molecular weight is 400 g/mol. The Morgan fingerprint density at radius 1 is 1.25 bits per heavy atom. The second-order valence-electron chi connectivity index (χ2n) is 5.86. The van der Waals surface area contributed by atoms with Gasteiger partial charge in [-0.2, -0.15) is 8.78 Å². The summed E-state index contributed by atoms with van der Waals surface area (Å²) in [5.41, 5.74) is 0.908. The third kappa shape index (κ3) is 4.69. The van der Waals surface area contributed by atoms with Gasteiger partial charge in [-0.05, 0) is 24.6 Å². The number of amides is 2. The van der Waals surface area contributed by atoms with Crippen LogP contribution in [0.3, 0.4) is 0 Å². The van der Waals surface area contributed by atoms with Crippen molar-refractivity contribution in [2.75, 3.05) is 34.5 Å². The normalized spacial score (nSPS) is 16.9. The number of rotatable bonds is 8. The minimum atomic E-state index is -3.06. The van der Waals surface area contributed by atoms with E-state index in [9.17, 15) is 18.4 Å². The second kappa shape index (κ2) is 9.36. The van der Waals surface area contributed by atoms with Crippen molar-refractivity contribution in [1.82, 2.24) is 10.2 Å². The molecule has 154 valence electrons. The lowest BCUT2D eigenvalue weighted by molar-refractivity contribution is -0.140. The van der Waals surface area contributed by atoms with Gasteiger partial charge in [0.2, 0.25) is 0 Å². The molecule has 0 aliphatic carbocycles. The number of alkyl halides is 2. The third-order valence-corrected chi connectivity index (χ3v) is 4.23. The fourth-order valence-electron chi connectivity index (χ4n) is 2.71. The smallest absolute Gasteiger partial charge is 0.387 e. The van der Waals surface area contributed by atoms with Crippen LogP contribution in [0.5, 0.6) is 11.5 Å². The molecule has 2 amide bonds. The summed E-state index contributed by atoms with van der Waals surface area (Å²) in [6.07, 6.45) is 0. The molecule has 1 atom stereocenters. The largest absolute Gasteiger partial charge is 0.493 e. The zero-order chi connectivity index (χ0) is 20.8. The summed E-state index contributed by atoms with van der Waals surface area (Å²) in [7, 11) is 4.29. The fourth-order valence-corrected chi connectivity index (χ4v) is 2.71. The molecular formula is C18H22F2N2O6. The number of hydrogen-bond donors (Lipinski definition) is 1. The van der Waals surface area contributed by atoms with Gasteiger partial charge in [0.1, 0.15) is 6.61 Å². The first-order valence-corrected chi connectivity index (χ1v) is 8.34. The van der Waals surface area contributed by atoms with Crippen LogP contribution in [0.2, 0.25) is 0 Å². The van der Waals surface area contributed by atoms with E-state index in [4.69, 9.17) is 14.2 Å². The van der Waals surface area contributed by atoms with E-state index in [0.717, 1.165) is 0 Å². The minimum absolute atomic E-state index is 0.0266. The van der Waals surface area contributed by atoms with Crippen molar-refractivity contribution in [3.63, 3.8) is 0 Å². The lowest BCUT2D eigenvalue weighted by Gasteiger charge is -2.33. The Labute approximate surface area is 161 Å². The summed E-state index contributed by atoms with van der Waals surface area (Å²) in [6, 6.07) is 2.88. The van der Waals surface area contributed by atoms with Crippen LogP contribution in [0.4, 0.5) is 13.6 Å². The number of halogens is 2. The first-order chi connectivity index (χ1) is 13.3. The number of carbonyl (C=O) groups excluding carboxylic acids is 2. The van der Waals surface area contributed by atoms with Crippen molar-refractivity contribution >= 4 is 12.0 Å². The molecule has 0 unspecified atom stereocenters. The summed E-state index contributed by atoms with van der Waals surface area (Å²) in [6.45, 7) is -1.23. The van der Waals surface area contributed by atoms with Crippen LogP contribution < -0.4 is 14.8 Å². The molecule has 0 bridgehead atoms. The van der Waals surface area contributed by atoms with E-state index in [1.165, 1.54) is 38.3 Å². The number of methoxy groups -OCH3 is 2. The molecule has 1 aliphatic rings. The molecule has 0 aromatic heterocycles. The number of hydrogen-bond acceptors (Lipinski definition) is 6. The summed E-state index contributed by atoms with van der Waals surface area (Å²) in [4.78, 5) is 26.1. The van der Waals surface area contributed by atoms with Gasteiger partial charge in [-0.15, -0.1) is 0 Å². The number of carbonyl (C=O) groups is 2. The molecule has 28 heavy (non-hydrogen) atoms. The topological polar surface area (TPSA) is 86.3 Å². The van der Waals surface area contributed by atoms with E-state index >= 15 is 0 Å². The molecule has 1 aromatic rings. The maximum atomic E-state index is 12.7. The number of ether oxygens (including phenoxy) is 4. The molecule has 8 nitrogen and oxygen atoms in total. The highest BCUT2D eigenvalue weighted by atomic mass is 19.3. The highest BCUT2D eigenvalue weighted by Crippen LogP contribution is 2.36. The first kappa shape index (κ1) is 21.4. The molecule has 0 radical (unpaired) electrons. The Hall–Kier alpha value is -2.88. The van der Waals surface area contributed by atoms with Crippen molar-refractivity contribution in [3.05, 3.63) is 35.0 Å². The molecule has 1 aliphatic heterocycles. The van der Waals surface area contributed by atoms with Crippen molar-refractivity contribution in [1.29, 1.82) is 0 Å². The zero-order valence-corrected chi connectivity index (χ0v) is 16.0. The van der Waals surface area contributed by atoms with Gasteiger partial charge in [-0.1, -0.05) is 6.07 Å². The van der Waals surface area contributed by atoms with E-state index in [0.29, 0.717) is 11.3 Å². The third-order valence-electron chi connectivity index (χ3n) is 4.23. The van der Waals surface area contributed by atoms with Gasteiger partial charge in [-0.3, -0.25) is 0 Å². The molecule has 1 aromatic carbocycles. The SMILES string of the molecule is COCCOC(=O)C1=C(C)N(C)C(=O)N[C@@H]1c1ccc(OC)c(OC(F)F)c1. The predicted molar refractivity (Wildman–Crippen MR) is 94.2 cm³/mol. The highest BCUT2D eigenvalue weighted by molar-refractivity contribution is 5.95. The Bertz CT molecular complexity index is 768. The zero-order valence-electron chi connectivity index (χ0n) is 16.0. The average Bonchev–Trinajstić information content (AvgIpc) is 2.65. The molecule has 0 fully saturated rings. The monoisotopic (exact) mass is 400 g/mol. The van der Waals surface area contributed by atoms with Crippen molar-refractivity contribution in [3.8, 4) is 11.5 Å². The predicted octanol–water partition coefficient (Wildman–Crippen LogP) is 2.46. The summed E-state index contributed by atoms with van der Waals surface area (Å²) >= 11 is 0. The van der Waals surface area contributed by atoms with Gasteiger partial charge >= 0.3 is 18.6 Å². The number of nitrogens with zero attached hydrogens (tertiary/aromatic N) is 1. The van der Waals surface area contributed by atoms with Gasteiger partial charge in [0.25, 0.3) is 0 Å². The quantitative estimate of drug-likeness (QED) is 0.533. The minimum Gasteiger partial charge on any atom is -0.493 e. The Morgan fingerprint density at radius 2 is 1.96 bits per heavy atom. The van der Waals surface area contributed by atoms with Crippen LogP contribution >= 0.6 is 0 Å². The maximum Gasteiger partial charge on any atom is 0.387 e. The first-order valence-electron chi connectivity index (χ1n) is 8.34. The molecule has 1 heterocycles. The van der Waals surface area contributed by atoms with E-state index in [2.05, 4.69) is 10.1 Å². The number of esters is 1. The van der Waals surface area contributed by atoms with Gasteiger partial charge < -0.3 is 29.2 Å². The summed E-state index contributed by atoms with van der Waals surface area (Å²) < 4.78 is 45.0. The van der Waals surface area contributed by atoms with Gasteiger partial charge in [-0.25, -0.2) is 9.59 Å². The number of benzene rings is 1. The van der Waals surface area contributed by atoms with Crippen LogP contribution in [0.15, 0.2) is 29.5 Å². The summed E-state index contributed by atoms with van der Waals surface area (Å²) in [5, 5.41) is 2.67. The van der Waals surface area contributed by atoms with Crippen molar-refractivity contribution < 1.29 is 37.3 Å². The van der Waals surface area contributed by atoms with Crippen LogP contribution in [0.25, 0.3) is 0 Å². The molecule has 10 heteroatoms. The second-order valence-corrected chi connectivity index (χ2v) is 5.86. The Kier molecular flexibility index (Phi) is 7.16. The molecule has 2 rings (SSSR count). The lowest BCUT2D eigenvalue weighted by Crippen LogP contribution is -2.46. The summed E-state index contributed by atoms with van der Waals surface area (Å²) in [5.74, 6) is -0.778. The number of urea groups is 1. The van der Waals surface area contributed by atoms with Crippen molar-refractivity contribution in [2.24, 2.45) is 0 Å². The van der Waals surface area contributed by atoms with E-state index in [1.807, 2.05) is 0 Å². The van der Waals surface area contributed by atoms with E-state index in [-0.39, 0.29) is 30.3 Å². The highest BCUT2D eigenvalue weighted by Gasteiger charge is 2.35. The molecule has 0 saturated heterocycles. The molecule has 0 spiro atoms. The van der Waals surface area contributed by atoms with Crippen LogP contribution in [-0.4, -0.2) is 58.0 Å². The standard InChI is InChI=1S/C18H22F2N2O6/c1-10-14(16(23)27-8-7-25-3)15(21-18(24)22(10)2)11-5-6-12(26-4)13(9-11)28-17(19)20/h5-6,9,15,17H,7-8H2,1-4H3,(H,21,24)/t15-/m1/s1.